The fourth-order valence-corrected chi connectivity index (χ4v) is 3.46. The minimum absolute atomic E-state index is 0. The number of ether oxygens (including phenoxy) is 2. The Balaban J connectivity index is 0.00000456. The molecule has 10 nitrogen and oxygen atoms in total. The highest BCUT2D eigenvalue weighted by Gasteiger charge is 2.09. The lowest BCUT2D eigenvalue weighted by Gasteiger charge is -2.12. The van der Waals surface area contributed by atoms with Crippen molar-refractivity contribution in [2.75, 3.05) is 35.3 Å². The predicted octanol–water partition coefficient (Wildman–Crippen LogP) is -0.201. The maximum atomic E-state index is 11.4. The molecule has 1 heterocycles. The highest BCUT2D eigenvalue weighted by Crippen LogP contribution is 2.28. The number of aryl methyl sites for hydroxylation is 2. The average molecular weight is 517 g/mol. The van der Waals surface area contributed by atoms with E-state index in [1.165, 1.54) is 13.8 Å². The number of hydrogen-bond acceptors (Lipinski definition) is 6. The molecule has 1 aromatic heterocycles. The zero-order valence-corrected chi connectivity index (χ0v) is 21.3. The second kappa shape index (κ2) is 13.8. The van der Waals surface area contributed by atoms with Gasteiger partial charge in [0.15, 0.2) is 0 Å². The van der Waals surface area contributed by atoms with Gasteiger partial charge in [-0.2, -0.15) is 0 Å². The van der Waals surface area contributed by atoms with Crippen LogP contribution in [-0.4, -0.2) is 29.6 Å². The molecule has 0 aliphatic rings. The number of nitrogen functional groups attached to an aromatic ring is 2. The summed E-state index contributed by atoms with van der Waals surface area (Å²) in [5, 5.41) is 5.50. The second-order valence-corrected chi connectivity index (χ2v) is 8.17. The number of nitrogens with one attached hydrogen (secondary N) is 2. The number of rotatable bonds is 12. The molecule has 2 amide bonds. The van der Waals surface area contributed by atoms with Crippen molar-refractivity contribution in [1.29, 1.82) is 0 Å². The molecule has 3 rings (SSSR count). The van der Waals surface area contributed by atoms with Crippen LogP contribution in [0.15, 0.2) is 55.1 Å². The first-order valence-corrected chi connectivity index (χ1v) is 11.4. The van der Waals surface area contributed by atoms with E-state index in [9.17, 15) is 9.59 Å². The third-order valence-electron chi connectivity index (χ3n) is 5.02. The molecule has 0 atom stereocenters. The van der Waals surface area contributed by atoms with Gasteiger partial charge in [-0.1, -0.05) is 0 Å². The Bertz CT molecular complexity index is 1080. The highest BCUT2D eigenvalue weighted by atomic mass is 35.5. The number of nitrogens with two attached hydrogens (primary N) is 2. The van der Waals surface area contributed by atoms with Crippen molar-refractivity contribution < 1.29 is 36.0 Å². The maximum Gasteiger partial charge on any atom is 0.243 e. The minimum atomic E-state index is -0.164. The molecular formula is C25H33ClN6O4. The number of benzene rings is 2. The Morgan fingerprint density at radius 1 is 0.889 bits per heavy atom. The average Bonchev–Trinajstić information content (AvgIpc) is 3.25. The van der Waals surface area contributed by atoms with E-state index in [0.29, 0.717) is 47.5 Å². The molecule has 0 saturated carbocycles. The van der Waals surface area contributed by atoms with E-state index in [-0.39, 0.29) is 24.2 Å². The van der Waals surface area contributed by atoms with Gasteiger partial charge in [0.2, 0.25) is 18.1 Å². The van der Waals surface area contributed by atoms with Gasteiger partial charge in [-0.15, -0.1) is 0 Å². The van der Waals surface area contributed by atoms with Crippen molar-refractivity contribution in [3.8, 4) is 11.5 Å². The molecule has 0 spiro atoms. The quantitative estimate of drug-likeness (QED) is 0.149. The van der Waals surface area contributed by atoms with Crippen LogP contribution in [0.25, 0.3) is 0 Å². The van der Waals surface area contributed by atoms with Crippen LogP contribution in [0.5, 0.6) is 11.5 Å². The van der Waals surface area contributed by atoms with Crippen molar-refractivity contribution >= 4 is 34.6 Å². The molecule has 0 unspecified atom stereocenters. The van der Waals surface area contributed by atoms with Gasteiger partial charge < -0.3 is 44.0 Å². The SMILES string of the molecule is CC(=O)Nc1ccc(N)cc1OCCCn1cc[n+](CCCOc2cc(N)ccc2NC(C)=O)c1.[Cl-]. The number of anilines is 4. The summed E-state index contributed by atoms with van der Waals surface area (Å²) in [5.41, 5.74) is 14.0. The Hall–Kier alpha value is -3.92. The summed E-state index contributed by atoms with van der Waals surface area (Å²) in [6.07, 6.45) is 7.63. The van der Waals surface area contributed by atoms with E-state index >= 15 is 0 Å². The first kappa shape index (κ1) is 28.3. The van der Waals surface area contributed by atoms with Crippen molar-refractivity contribution in [2.24, 2.45) is 0 Å². The summed E-state index contributed by atoms with van der Waals surface area (Å²) in [5.74, 6) is 0.792. The summed E-state index contributed by atoms with van der Waals surface area (Å²) >= 11 is 0. The van der Waals surface area contributed by atoms with Gasteiger partial charge in [0, 0.05) is 50.2 Å². The highest BCUT2D eigenvalue weighted by molar-refractivity contribution is 5.91. The third kappa shape index (κ3) is 9.03. The van der Waals surface area contributed by atoms with Gasteiger partial charge >= 0.3 is 0 Å². The van der Waals surface area contributed by atoms with Crippen molar-refractivity contribution in [1.82, 2.24) is 4.57 Å². The molecule has 0 bridgehead atoms. The number of aromatic nitrogens is 2. The first-order chi connectivity index (χ1) is 16.8. The zero-order chi connectivity index (χ0) is 25.2. The summed E-state index contributed by atoms with van der Waals surface area (Å²) in [7, 11) is 0. The first-order valence-electron chi connectivity index (χ1n) is 11.4. The van der Waals surface area contributed by atoms with Crippen LogP contribution in [0.1, 0.15) is 26.7 Å². The molecule has 6 N–H and O–H groups in total. The van der Waals surface area contributed by atoms with Crippen LogP contribution in [-0.2, 0) is 22.7 Å². The van der Waals surface area contributed by atoms with Crippen molar-refractivity contribution in [3.63, 3.8) is 0 Å². The number of hydrogen-bond donors (Lipinski definition) is 4. The lowest BCUT2D eigenvalue weighted by atomic mass is 10.2. The van der Waals surface area contributed by atoms with Crippen molar-refractivity contribution in [3.05, 3.63) is 55.1 Å². The molecule has 0 aliphatic heterocycles. The number of nitrogens with zero attached hydrogens (tertiary/aromatic N) is 2. The molecule has 3 aromatic rings. The van der Waals surface area contributed by atoms with E-state index in [4.69, 9.17) is 20.9 Å². The summed E-state index contributed by atoms with van der Waals surface area (Å²) < 4.78 is 15.9. The van der Waals surface area contributed by atoms with Crippen molar-refractivity contribution in [2.45, 2.75) is 39.8 Å². The molecule has 0 radical (unpaired) electrons. The summed E-state index contributed by atoms with van der Waals surface area (Å²) in [6, 6.07) is 10.3. The van der Waals surface area contributed by atoms with Crippen LogP contribution in [0.2, 0.25) is 0 Å². The van der Waals surface area contributed by atoms with Crippen LogP contribution >= 0.6 is 0 Å². The molecular weight excluding hydrogens is 484 g/mol. The van der Waals surface area contributed by atoms with Gasteiger partial charge in [0.25, 0.3) is 0 Å². The van der Waals surface area contributed by atoms with Gasteiger partial charge in [-0.25, -0.2) is 9.13 Å². The lowest BCUT2D eigenvalue weighted by Crippen LogP contribution is -3.00. The van der Waals surface area contributed by atoms with Gasteiger partial charge in [-0.05, 0) is 24.3 Å². The lowest BCUT2D eigenvalue weighted by molar-refractivity contribution is -0.696. The van der Waals surface area contributed by atoms with E-state index < -0.39 is 0 Å². The number of amides is 2. The maximum absolute atomic E-state index is 11.4. The van der Waals surface area contributed by atoms with Crippen LogP contribution in [0.3, 0.4) is 0 Å². The van der Waals surface area contributed by atoms with Gasteiger partial charge in [0.1, 0.15) is 23.9 Å². The van der Waals surface area contributed by atoms with Gasteiger partial charge in [0.05, 0.1) is 37.7 Å². The summed E-state index contributed by atoms with van der Waals surface area (Å²) in [6.45, 7) is 5.44. The summed E-state index contributed by atoms with van der Waals surface area (Å²) in [4.78, 5) is 22.7. The molecule has 11 heteroatoms. The topological polar surface area (TPSA) is 138 Å². The Kier molecular flexibility index (Phi) is 10.9. The van der Waals surface area contributed by atoms with Crippen LogP contribution in [0.4, 0.5) is 22.7 Å². The van der Waals surface area contributed by atoms with E-state index in [2.05, 4.69) is 19.8 Å². The fraction of sp³-hybridized carbons (Fsp3) is 0.320. The Morgan fingerprint density at radius 3 is 1.94 bits per heavy atom. The minimum Gasteiger partial charge on any atom is -1.00 e. The van der Waals surface area contributed by atoms with Crippen LogP contribution < -0.4 is 48.5 Å². The molecule has 0 aliphatic carbocycles. The fourth-order valence-electron chi connectivity index (χ4n) is 3.46. The Labute approximate surface area is 217 Å². The predicted molar refractivity (Wildman–Crippen MR) is 135 cm³/mol. The number of halogens is 1. The standard InChI is InChI=1S/C25H32N6O4.ClH/c1-18(32)28-22-7-5-20(26)15-24(22)34-13-3-9-30-11-12-31(17-30)10-4-14-35-25-16-21(27)6-8-23(25)29-19(2)33;/h5-8,11-12,15-17H,3-4,9-10,13-14,26-27H2,1-2H3,(H-,28,29,32,33);1H. The largest absolute Gasteiger partial charge is 1.00 e. The Morgan fingerprint density at radius 2 is 1.42 bits per heavy atom. The second-order valence-electron chi connectivity index (χ2n) is 8.17. The third-order valence-corrected chi connectivity index (χ3v) is 5.02. The van der Waals surface area contributed by atoms with Gasteiger partial charge in [-0.3, -0.25) is 9.59 Å². The monoisotopic (exact) mass is 516 g/mol. The number of carbonyl (C=O) groups excluding carboxylic acids is 2. The molecule has 2 aromatic carbocycles. The molecule has 0 fully saturated rings. The smallest absolute Gasteiger partial charge is 0.243 e. The molecule has 194 valence electrons. The molecule has 36 heavy (non-hydrogen) atoms. The zero-order valence-electron chi connectivity index (χ0n) is 20.5. The number of imidazole rings is 1. The van der Waals surface area contributed by atoms with E-state index in [0.717, 1.165) is 25.9 Å². The van der Waals surface area contributed by atoms with E-state index in [1.807, 2.05) is 18.7 Å². The molecule has 0 saturated heterocycles. The normalized spacial score (nSPS) is 10.3. The van der Waals surface area contributed by atoms with Crippen LogP contribution in [0, 0.1) is 0 Å². The van der Waals surface area contributed by atoms with E-state index in [1.54, 1.807) is 36.4 Å². The number of carbonyl (C=O) groups is 2.